The molecule has 1 aromatic heterocycles. The Labute approximate surface area is 104 Å². The second-order valence-corrected chi connectivity index (χ2v) is 4.34. The number of hydrogen-bond donors (Lipinski definition) is 1. The van der Waals surface area contributed by atoms with Gasteiger partial charge in [0.25, 0.3) is 0 Å². The number of rotatable bonds is 3. The van der Waals surface area contributed by atoms with Crippen molar-refractivity contribution >= 4 is 5.69 Å². The molecule has 1 heterocycles. The first kappa shape index (κ1) is 12.5. The van der Waals surface area contributed by atoms with Crippen LogP contribution in [-0.4, -0.2) is 9.78 Å². The van der Waals surface area contributed by atoms with E-state index in [1.807, 2.05) is 27.1 Å². The van der Waals surface area contributed by atoms with E-state index in [2.05, 4.69) is 10.4 Å². The fourth-order valence-electron chi connectivity index (χ4n) is 1.96. The topological polar surface area (TPSA) is 29.9 Å². The SMILES string of the molecule is Cc1nn(C)cc1C(C)Nc1ccc(F)c(F)c1. The predicted octanol–water partition coefficient (Wildman–Crippen LogP) is 3.18. The van der Waals surface area contributed by atoms with Crippen molar-refractivity contribution in [2.24, 2.45) is 7.05 Å². The van der Waals surface area contributed by atoms with Gasteiger partial charge in [-0.15, -0.1) is 0 Å². The molecule has 0 radical (unpaired) electrons. The summed E-state index contributed by atoms with van der Waals surface area (Å²) in [5, 5.41) is 7.37. The zero-order valence-corrected chi connectivity index (χ0v) is 10.5. The highest BCUT2D eigenvalue weighted by molar-refractivity contribution is 5.46. The Balaban J connectivity index is 2.18. The lowest BCUT2D eigenvalue weighted by molar-refractivity contribution is 0.509. The average Bonchev–Trinajstić information content (AvgIpc) is 2.63. The number of halogens is 2. The van der Waals surface area contributed by atoms with Gasteiger partial charge in [0.15, 0.2) is 11.6 Å². The van der Waals surface area contributed by atoms with Gasteiger partial charge in [0.1, 0.15) is 0 Å². The van der Waals surface area contributed by atoms with E-state index in [1.54, 1.807) is 4.68 Å². The number of benzene rings is 1. The molecule has 0 aliphatic heterocycles. The largest absolute Gasteiger partial charge is 0.378 e. The van der Waals surface area contributed by atoms with Crippen molar-refractivity contribution in [3.63, 3.8) is 0 Å². The van der Waals surface area contributed by atoms with Crippen LogP contribution in [0.25, 0.3) is 0 Å². The highest BCUT2D eigenvalue weighted by Crippen LogP contribution is 2.22. The maximum Gasteiger partial charge on any atom is 0.160 e. The molecular weight excluding hydrogens is 236 g/mol. The highest BCUT2D eigenvalue weighted by atomic mass is 19.2. The number of aryl methyl sites for hydroxylation is 2. The van der Waals surface area contributed by atoms with Gasteiger partial charge in [0, 0.05) is 30.6 Å². The predicted molar refractivity (Wildman–Crippen MR) is 66.3 cm³/mol. The van der Waals surface area contributed by atoms with Crippen molar-refractivity contribution in [2.45, 2.75) is 19.9 Å². The minimum absolute atomic E-state index is 0.0245. The van der Waals surface area contributed by atoms with E-state index in [9.17, 15) is 8.78 Å². The van der Waals surface area contributed by atoms with Crippen molar-refractivity contribution in [3.8, 4) is 0 Å². The zero-order valence-electron chi connectivity index (χ0n) is 10.5. The zero-order chi connectivity index (χ0) is 13.3. The Bertz CT molecular complexity index is 563. The van der Waals surface area contributed by atoms with E-state index in [0.29, 0.717) is 5.69 Å². The van der Waals surface area contributed by atoms with Crippen LogP contribution in [0.5, 0.6) is 0 Å². The monoisotopic (exact) mass is 251 g/mol. The van der Waals surface area contributed by atoms with Gasteiger partial charge in [-0.2, -0.15) is 5.10 Å². The van der Waals surface area contributed by atoms with Crippen LogP contribution in [0.2, 0.25) is 0 Å². The minimum atomic E-state index is -0.852. The van der Waals surface area contributed by atoms with Gasteiger partial charge in [0.05, 0.1) is 11.7 Å². The summed E-state index contributed by atoms with van der Waals surface area (Å²) in [5.74, 6) is -1.69. The first-order valence-corrected chi connectivity index (χ1v) is 5.69. The summed E-state index contributed by atoms with van der Waals surface area (Å²) in [6.45, 7) is 3.87. The third-order valence-electron chi connectivity index (χ3n) is 2.82. The third kappa shape index (κ3) is 2.50. The Hall–Kier alpha value is -1.91. The van der Waals surface area contributed by atoms with Crippen LogP contribution in [0.15, 0.2) is 24.4 Å². The summed E-state index contributed by atoms with van der Waals surface area (Å²) in [5.41, 5.74) is 2.49. The van der Waals surface area contributed by atoms with Crippen LogP contribution >= 0.6 is 0 Å². The van der Waals surface area contributed by atoms with E-state index in [4.69, 9.17) is 0 Å². The fourth-order valence-corrected chi connectivity index (χ4v) is 1.96. The maximum atomic E-state index is 13.1. The Morgan fingerprint density at radius 1 is 1.28 bits per heavy atom. The number of anilines is 1. The molecule has 1 unspecified atom stereocenters. The Kier molecular flexibility index (Phi) is 3.32. The fraction of sp³-hybridized carbons (Fsp3) is 0.308. The number of aromatic nitrogens is 2. The van der Waals surface area contributed by atoms with E-state index in [0.717, 1.165) is 23.4 Å². The molecule has 2 aromatic rings. The minimum Gasteiger partial charge on any atom is -0.378 e. The van der Waals surface area contributed by atoms with Gasteiger partial charge in [-0.3, -0.25) is 4.68 Å². The van der Waals surface area contributed by atoms with Crippen LogP contribution in [-0.2, 0) is 7.05 Å². The van der Waals surface area contributed by atoms with Crippen LogP contribution in [0.4, 0.5) is 14.5 Å². The molecule has 0 aliphatic rings. The normalized spacial score (nSPS) is 12.5. The van der Waals surface area contributed by atoms with Gasteiger partial charge >= 0.3 is 0 Å². The van der Waals surface area contributed by atoms with Crippen molar-refractivity contribution in [1.82, 2.24) is 9.78 Å². The lowest BCUT2D eigenvalue weighted by atomic mass is 10.1. The summed E-state index contributed by atoms with van der Waals surface area (Å²) >= 11 is 0. The lowest BCUT2D eigenvalue weighted by Gasteiger charge is -2.14. The van der Waals surface area contributed by atoms with Gasteiger partial charge in [-0.25, -0.2) is 8.78 Å². The lowest BCUT2D eigenvalue weighted by Crippen LogP contribution is -2.07. The van der Waals surface area contributed by atoms with E-state index in [-0.39, 0.29) is 6.04 Å². The molecule has 0 spiro atoms. The van der Waals surface area contributed by atoms with Crippen molar-refractivity contribution in [3.05, 3.63) is 47.3 Å². The first-order valence-electron chi connectivity index (χ1n) is 5.69. The standard InChI is InChI=1S/C13H15F2N3/c1-8(11-7-18(3)17-9(11)2)16-10-4-5-12(14)13(15)6-10/h4-8,16H,1-3H3. The van der Waals surface area contributed by atoms with Gasteiger partial charge in [-0.1, -0.05) is 0 Å². The second kappa shape index (κ2) is 4.76. The van der Waals surface area contributed by atoms with Gasteiger partial charge < -0.3 is 5.32 Å². The van der Waals surface area contributed by atoms with E-state index >= 15 is 0 Å². The summed E-state index contributed by atoms with van der Waals surface area (Å²) in [4.78, 5) is 0. The molecule has 0 fully saturated rings. The van der Waals surface area contributed by atoms with Crippen LogP contribution < -0.4 is 5.32 Å². The number of nitrogens with one attached hydrogen (secondary N) is 1. The Morgan fingerprint density at radius 3 is 2.56 bits per heavy atom. The van der Waals surface area contributed by atoms with E-state index < -0.39 is 11.6 Å². The smallest absolute Gasteiger partial charge is 0.160 e. The molecule has 0 bridgehead atoms. The molecule has 0 aliphatic carbocycles. The first-order chi connectivity index (χ1) is 8.47. The number of nitrogens with zero attached hydrogens (tertiary/aromatic N) is 2. The summed E-state index contributed by atoms with van der Waals surface area (Å²) in [7, 11) is 1.85. The van der Waals surface area contributed by atoms with Crippen LogP contribution in [0.3, 0.4) is 0 Å². The highest BCUT2D eigenvalue weighted by Gasteiger charge is 2.12. The molecule has 1 N–H and O–H groups in total. The summed E-state index contributed by atoms with van der Waals surface area (Å²) < 4.78 is 27.6. The molecule has 0 saturated carbocycles. The van der Waals surface area contributed by atoms with Crippen molar-refractivity contribution < 1.29 is 8.78 Å². The molecule has 18 heavy (non-hydrogen) atoms. The third-order valence-corrected chi connectivity index (χ3v) is 2.82. The molecule has 96 valence electrons. The molecule has 1 aromatic carbocycles. The molecule has 0 saturated heterocycles. The van der Waals surface area contributed by atoms with Crippen LogP contribution in [0, 0.1) is 18.6 Å². The molecule has 5 heteroatoms. The molecule has 3 nitrogen and oxygen atoms in total. The van der Waals surface area contributed by atoms with Crippen molar-refractivity contribution in [1.29, 1.82) is 0 Å². The van der Waals surface area contributed by atoms with Gasteiger partial charge in [0.2, 0.25) is 0 Å². The summed E-state index contributed by atoms with van der Waals surface area (Å²) in [6, 6.07) is 3.75. The second-order valence-electron chi connectivity index (χ2n) is 4.34. The van der Waals surface area contributed by atoms with Gasteiger partial charge in [-0.05, 0) is 26.0 Å². The quantitative estimate of drug-likeness (QED) is 0.908. The van der Waals surface area contributed by atoms with E-state index in [1.165, 1.54) is 6.07 Å². The maximum absolute atomic E-state index is 13.1. The Morgan fingerprint density at radius 2 is 2.00 bits per heavy atom. The number of hydrogen-bond acceptors (Lipinski definition) is 2. The molecular formula is C13H15F2N3. The van der Waals surface area contributed by atoms with Crippen molar-refractivity contribution in [2.75, 3.05) is 5.32 Å². The molecule has 1 atom stereocenters. The average molecular weight is 251 g/mol. The molecule has 0 amide bonds. The van der Waals surface area contributed by atoms with Crippen LogP contribution in [0.1, 0.15) is 24.2 Å². The molecule has 2 rings (SSSR count). The summed E-state index contributed by atoms with van der Waals surface area (Å²) in [6.07, 6.45) is 1.91.